The van der Waals surface area contributed by atoms with Gasteiger partial charge in [-0.3, -0.25) is 4.79 Å². The third-order valence-corrected chi connectivity index (χ3v) is 15.4. The summed E-state index contributed by atoms with van der Waals surface area (Å²) in [6.07, 6.45) is 65.2. The smallest absolute Gasteiger partial charge is 0.220 e. The monoisotopic (exact) mass is 1050 g/mol. The van der Waals surface area contributed by atoms with E-state index in [1.165, 1.54) is 257 Å². The number of hydrogen-bond acceptors (Lipinski definition) is 8. The molecule has 1 fully saturated rings. The van der Waals surface area contributed by atoms with E-state index in [1.807, 2.05) is 6.08 Å². The lowest BCUT2D eigenvalue weighted by molar-refractivity contribution is -0.302. The SMILES string of the molecule is CCCCCCCCCC/C=C\CCCCCCCCCCCCCCCCCC(=O)NC(COC1OC(CO)C(O)C(O)C1O)C(O)/C=C/CC/C=C/CCCCCCCCCCCCCCCCCCCC. The molecule has 1 heterocycles. The first-order valence-corrected chi connectivity index (χ1v) is 32.2. The van der Waals surface area contributed by atoms with Crippen molar-refractivity contribution >= 4 is 5.91 Å². The highest BCUT2D eigenvalue weighted by Gasteiger charge is 2.44. The first-order chi connectivity index (χ1) is 36.3. The molecule has 0 spiro atoms. The Kier molecular flexibility index (Phi) is 52.1. The maximum absolute atomic E-state index is 13.1. The lowest BCUT2D eigenvalue weighted by Gasteiger charge is -2.40. The lowest BCUT2D eigenvalue weighted by Crippen LogP contribution is -2.60. The van der Waals surface area contributed by atoms with Gasteiger partial charge in [-0.2, -0.15) is 0 Å². The van der Waals surface area contributed by atoms with E-state index in [2.05, 4.69) is 43.5 Å². The van der Waals surface area contributed by atoms with Crippen LogP contribution in [0.25, 0.3) is 0 Å². The van der Waals surface area contributed by atoms with E-state index in [9.17, 15) is 30.3 Å². The molecule has 0 aromatic rings. The Labute approximate surface area is 457 Å². The van der Waals surface area contributed by atoms with E-state index in [0.29, 0.717) is 6.42 Å². The first-order valence-electron chi connectivity index (χ1n) is 32.2. The molecule has 9 heteroatoms. The molecule has 1 amide bonds. The van der Waals surface area contributed by atoms with E-state index < -0.39 is 49.5 Å². The van der Waals surface area contributed by atoms with Crippen molar-refractivity contribution in [3.05, 3.63) is 36.5 Å². The van der Waals surface area contributed by atoms with Gasteiger partial charge in [0.05, 0.1) is 25.4 Å². The average molecular weight is 1050 g/mol. The van der Waals surface area contributed by atoms with Gasteiger partial charge in [0, 0.05) is 6.42 Å². The molecule has 0 bridgehead atoms. The lowest BCUT2D eigenvalue weighted by atomic mass is 9.99. The number of allylic oxidation sites excluding steroid dienone is 5. The fourth-order valence-electron chi connectivity index (χ4n) is 10.3. The summed E-state index contributed by atoms with van der Waals surface area (Å²) in [4.78, 5) is 13.1. The summed E-state index contributed by atoms with van der Waals surface area (Å²) in [5.41, 5.74) is 0. The maximum atomic E-state index is 13.1. The number of unbranched alkanes of at least 4 members (excludes halogenated alkanes) is 42. The number of nitrogens with one attached hydrogen (secondary N) is 1. The summed E-state index contributed by atoms with van der Waals surface area (Å²) in [5.74, 6) is -0.181. The molecule has 1 aliphatic rings. The predicted octanol–water partition coefficient (Wildman–Crippen LogP) is 16.7. The number of aliphatic hydroxyl groups is 5. The minimum absolute atomic E-state index is 0.181. The van der Waals surface area contributed by atoms with Gasteiger partial charge < -0.3 is 40.3 Å². The standard InChI is InChI=1S/C65H123NO8/c1-3-5-7-9-11-13-15-17-19-21-23-25-27-29-30-31-33-35-37-39-41-43-45-47-49-51-53-55-61(69)66-58(57-73-65-64(72)63(71)62(70)60(56-67)74-65)59(68)54-52-50-48-46-44-42-40-38-36-34-32-28-26-24-22-20-18-16-14-12-10-8-6-4-2/h21,23,44,46,52,54,58-60,62-65,67-68,70-72H,3-20,22,24-43,45,47-51,53,55-57H2,1-2H3,(H,66,69)/b23-21-,46-44+,54-52+. The summed E-state index contributed by atoms with van der Waals surface area (Å²) in [5, 5.41) is 54.6. The van der Waals surface area contributed by atoms with Crippen LogP contribution >= 0.6 is 0 Å². The van der Waals surface area contributed by atoms with Crippen molar-refractivity contribution in [2.24, 2.45) is 0 Å². The third kappa shape index (κ3) is 43.4. The van der Waals surface area contributed by atoms with Gasteiger partial charge in [0.1, 0.15) is 24.4 Å². The Morgan fingerprint density at radius 3 is 1.14 bits per heavy atom. The molecule has 0 aliphatic carbocycles. The van der Waals surface area contributed by atoms with Crippen LogP contribution in [-0.4, -0.2) is 87.5 Å². The van der Waals surface area contributed by atoms with Crippen LogP contribution in [-0.2, 0) is 14.3 Å². The van der Waals surface area contributed by atoms with Crippen molar-refractivity contribution < 1.29 is 39.8 Å². The van der Waals surface area contributed by atoms with Crippen LogP contribution in [0.1, 0.15) is 316 Å². The molecule has 7 atom stereocenters. The molecule has 74 heavy (non-hydrogen) atoms. The fraction of sp³-hybridized carbons (Fsp3) is 0.892. The minimum atomic E-state index is -1.57. The van der Waals surface area contributed by atoms with Crippen LogP contribution in [0.3, 0.4) is 0 Å². The van der Waals surface area contributed by atoms with Crippen molar-refractivity contribution in [3.63, 3.8) is 0 Å². The highest BCUT2D eigenvalue weighted by Crippen LogP contribution is 2.23. The zero-order valence-electron chi connectivity index (χ0n) is 48.6. The molecule has 1 saturated heterocycles. The Morgan fingerprint density at radius 1 is 0.446 bits per heavy atom. The number of carbonyl (C=O) groups excluding carboxylic acids is 1. The summed E-state index contributed by atoms with van der Waals surface area (Å²) in [6, 6.07) is -0.821. The fourth-order valence-corrected chi connectivity index (χ4v) is 10.3. The van der Waals surface area contributed by atoms with E-state index in [4.69, 9.17) is 9.47 Å². The Hall–Kier alpha value is -1.59. The van der Waals surface area contributed by atoms with Crippen molar-refractivity contribution in [2.45, 2.75) is 358 Å². The summed E-state index contributed by atoms with van der Waals surface area (Å²) in [6.45, 7) is 3.81. The molecule has 0 saturated carbocycles. The zero-order valence-corrected chi connectivity index (χ0v) is 48.6. The van der Waals surface area contributed by atoms with E-state index in [-0.39, 0.29) is 12.5 Å². The number of ether oxygens (including phenoxy) is 2. The van der Waals surface area contributed by atoms with Gasteiger partial charge >= 0.3 is 0 Å². The number of rotatable bonds is 56. The second kappa shape index (κ2) is 54.8. The molecule has 7 unspecified atom stereocenters. The number of hydrogen-bond donors (Lipinski definition) is 6. The highest BCUT2D eigenvalue weighted by molar-refractivity contribution is 5.76. The Balaban J connectivity index is 2.19. The second-order valence-electron chi connectivity index (χ2n) is 22.5. The van der Waals surface area contributed by atoms with Crippen LogP contribution in [0.2, 0.25) is 0 Å². The van der Waals surface area contributed by atoms with Gasteiger partial charge in [-0.15, -0.1) is 0 Å². The zero-order chi connectivity index (χ0) is 53.6. The molecular formula is C65H123NO8. The van der Waals surface area contributed by atoms with Crippen LogP contribution < -0.4 is 5.32 Å². The van der Waals surface area contributed by atoms with Crippen LogP contribution in [0.4, 0.5) is 0 Å². The number of carbonyl (C=O) groups is 1. The molecule has 1 aliphatic heterocycles. The quantitative estimate of drug-likeness (QED) is 0.0261. The largest absolute Gasteiger partial charge is 0.394 e. The topological polar surface area (TPSA) is 149 Å². The average Bonchev–Trinajstić information content (AvgIpc) is 3.40. The summed E-state index contributed by atoms with van der Waals surface area (Å²) < 4.78 is 11.3. The van der Waals surface area contributed by atoms with Crippen LogP contribution in [0, 0.1) is 0 Å². The molecule has 6 N–H and O–H groups in total. The minimum Gasteiger partial charge on any atom is -0.394 e. The summed E-state index contributed by atoms with van der Waals surface area (Å²) in [7, 11) is 0. The maximum Gasteiger partial charge on any atom is 0.220 e. The van der Waals surface area contributed by atoms with Crippen molar-refractivity contribution in [1.29, 1.82) is 0 Å². The normalized spacial score (nSPS) is 19.1. The molecular weight excluding hydrogens is 923 g/mol. The van der Waals surface area contributed by atoms with Crippen molar-refractivity contribution in [1.82, 2.24) is 5.32 Å². The van der Waals surface area contributed by atoms with E-state index in [0.717, 1.165) is 38.5 Å². The van der Waals surface area contributed by atoms with Crippen molar-refractivity contribution in [2.75, 3.05) is 13.2 Å². The first kappa shape index (κ1) is 70.4. The number of aliphatic hydroxyl groups excluding tert-OH is 5. The highest BCUT2D eigenvalue weighted by atomic mass is 16.7. The van der Waals surface area contributed by atoms with E-state index in [1.54, 1.807) is 6.08 Å². The van der Waals surface area contributed by atoms with Gasteiger partial charge in [-0.25, -0.2) is 0 Å². The second-order valence-corrected chi connectivity index (χ2v) is 22.5. The van der Waals surface area contributed by atoms with Gasteiger partial charge in [-0.05, 0) is 57.8 Å². The summed E-state index contributed by atoms with van der Waals surface area (Å²) >= 11 is 0. The van der Waals surface area contributed by atoms with Gasteiger partial charge in [0.15, 0.2) is 6.29 Å². The van der Waals surface area contributed by atoms with Gasteiger partial charge in [-0.1, -0.05) is 288 Å². The van der Waals surface area contributed by atoms with Crippen LogP contribution in [0.15, 0.2) is 36.5 Å². The Morgan fingerprint density at radius 2 is 0.770 bits per heavy atom. The van der Waals surface area contributed by atoms with Gasteiger partial charge in [0.25, 0.3) is 0 Å². The molecule has 1 rings (SSSR count). The Bertz CT molecular complexity index is 1260. The third-order valence-electron chi connectivity index (χ3n) is 15.4. The number of amides is 1. The molecule has 0 radical (unpaired) electrons. The van der Waals surface area contributed by atoms with Crippen LogP contribution in [0.5, 0.6) is 0 Å². The van der Waals surface area contributed by atoms with Crippen molar-refractivity contribution in [3.8, 4) is 0 Å². The predicted molar refractivity (Wildman–Crippen MR) is 313 cm³/mol. The molecule has 436 valence electrons. The van der Waals surface area contributed by atoms with E-state index >= 15 is 0 Å². The molecule has 0 aromatic carbocycles. The molecule has 9 nitrogen and oxygen atoms in total. The molecule has 0 aromatic heterocycles. The van der Waals surface area contributed by atoms with Gasteiger partial charge in [0.2, 0.25) is 5.91 Å².